The maximum atomic E-state index is 13.1. The van der Waals surface area contributed by atoms with E-state index in [0.29, 0.717) is 41.1 Å². The number of oxazole rings is 1. The van der Waals surface area contributed by atoms with E-state index < -0.39 is 0 Å². The van der Waals surface area contributed by atoms with Crippen molar-refractivity contribution < 1.29 is 14.0 Å². The summed E-state index contributed by atoms with van der Waals surface area (Å²) in [5.74, 6) is 1.35. The first-order chi connectivity index (χ1) is 14.5. The molecule has 1 aromatic carbocycles. The van der Waals surface area contributed by atoms with Crippen molar-refractivity contribution in [3.05, 3.63) is 64.3 Å². The van der Waals surface area contributed by atoms with Crippen molar-refractivity contribution in [3.63, 3.8) is 0 Å². The maximum Gasteiger partial charge on any atom is 0.265 e. The molecule has 156 valence electrons. The van der Waals surface area contributed by atoms with Gasteiger partial charge in [-0.2, -0.15) is 0 Å². The minimum atomic E-state index is -0.198. The average Bonchev–Trinajstić information content (AvgIpc) is 3.34. The van der Waals surface area contributed by atoms with Crippen molar-refractivity contribution >= 4 is 28.3 Å². The van der Waals surface area contributed by atoms with Gasteiger partial charge in [-0.1, -0.05) is 41.7 Å². The number of benzene rings is 1. The fraction of sp³-hybridized carbons (Fsp3) is 0.364. The van der Waals surface area contributed by atoms with Gasteiger partial charge in [0.05, 0.1) is 17.8 Å². The molecule has 1 aliphatic rings. The van der Waals surface area contributed by atoms with Gasteiger partial charge in [-0.15, -0.1) is 0 Å². The fourth-order valence-electron chi connectivity index (χ4n) is 3.70. The lowest BCUT2D eigenvalue weighted by Gasteiger charge is -2.31. The topological polar surface area (TPSA) is 88.3 Å². The van der Waals surface area contributed by atoms with Crippen molar-refractivity contribution in [3.8, 4) is 0 Å². The van der Waals surface area contributed by atoms with Crippen LogP contribution in [0.15, 0.2) is 40.9 Å². The molecule has 4 rings (SSSR count). The van der Waals surface area contributed by atoms with E-state index in [1.165, 1.54) is 23.8 Å². The van der Waals surface area contributed by atoms with Crippen LogP contribution in [0, 0.1) is 6.92 Å². The molecule has 30 heavy (non-hydrogen) atoms. The van der Waals surface area contributed by atoms with Gasteiger partial charge >= 0.3 is 0 Å². The quantitative estimate of drug-likeness (QED) is 0.669. The van der Waals surface area contributed by atoms with Crippen molar-refractivity contribution in [2.75, 3.05) is 18.4 Å². The van der Waals surface area contributed by atoms with Gasteiger partial charge in [0.25, 0.3) is 5.91 Å². The third-order valence-electron chi connectivity index (χ3n) is 5.12. The lowest BCUT2D eigenvalue weighted by molar-refractivity contribution is -0.114. The highest BCUT2D eigenvalue weighted by Gasteiger charge is 2.30. The molecular formula is C22H24N4O3S. The van der Waals surface area contributed by atoms with Gasteiger partial charge in [-0.25, -0.2) is 9.97 Å². The third-order valence-corrected chi connectivity index (χ3v) is 6.19. The van der Waals surface area contributed by atoms with Crippen molar-refractivity contribution in [2.45, 2.75) is 39.0 Å². The summed E-state index contributed by atoms with van der Waals surface area (Å²) in [4.78, 5) is 35.5. The van der Waals surface area contributed by atoms with Gasteiger partial charge in [0.1, 0.15) is 10.6 Å². The van der Waals surface area contributed by atoms with Crippen LogP contribution in [0.5, 0.6) is 0 Å². The molecule has 1 saturated heterocycles. The molecule has 0 saturated carbocycles. The maximum absolute atomic E-state index is 13.1. The number of anilines is 1. The molecule has 1 N–H and O–H groups in total. The van der Waals surface area contributed by atoms with Crippen LogP contribution in [-0.2, 0) is 11.2 Å². The number of amides is 2. The number of likely N-dealkylation sites (tertiary alicyclic amines) is 1. The van der Waals surface area contributed by atoms with Crippen molar-refractivity contribution in [1.82, 2.24) is 14.9 Å². The van der Waals surface area contributed by atoms with Crippen LogP contribution in [0.2, 0.25) is 0 Å². The first-order valence-electron chi connectivity index (χ1n) is 10.0. The van der Waals surface area contributed by atoms with E-state index in [0.717, 1.165) is 18.6 Å². The predicted molar refractivity (Wildman–Crippen MR) is 115 cm³/mol. The Balaban J connectivity index is 1.44. The van der Waals surface area contributed by atoms with Gasteiger partial charge in [0.2, 0.25) is 5.91 Å². The highest BCUT2D eigenvalue weighted by Crippen LogP contribution is 2.30. The fourth-order valence-corrected chi connectivity index (χ4v) is 4.68. The zero-order valence-corrected chi connectivity index (χ0v) is 17.9. The molecule has 0 bridgehead atoms. The summed E-state index contributed by atoms with van der Waals surface area (Å²) < 4.78 is 6.03. The van der Waals surface area contributed by atoms with E-state index in [1.54, 1.807) is 13.1 Å². The van der Waals surface area contributed by atoms with E-state index in [-0.39, 0.29) is 17.7 Å². The summed E-state index contributed by atoms with van der Waals surface area (Å²) in [6, 6.07) is 10.1. The molecule has 0 unspecified atom stereocenters. The van der Waals surface area contributed by atoms with Crippen LogP contribution < -0.4 is 5.32 Å². The molecular weight excluding hydrogens is 400 g/mol. The lowest BCUT2D eigenvalue weighted by atomic mass is 9.98. The standard InChI is InChI=1S/C22H24N4O3S/c1-14-19(30-22(24-14)25-15(2)27)21(28)26-10-6-9-17(13-26)20-23-12-18(29-20)11-16-7-4-3-5-8-16/h3-5,7-8,12,17H,6,9-11,13H2,1-2H3,(H,24,25,27)/t17-/m0/s1. The van der Waals surface area contributed by atoms with Crippen LogP contribution in [0.4, 0.5) is 5.13 Å². The molecule has 1 fully saturated rings. The summed E-state index contributed by atoms with van der Waals surface area (Å²) in [6.07, 6.45) is 4.32. The summed E-state index contributed by atoms with van der Waals surface area (Å²) in [6.45, 7) is 4.48. The first-order valence-corrected chi connectivity index (χ1v) is 10.8. The number of thiazole rings is 1. The number of carbonyl (C=O) groups excluding carboxylic acids is 2. The Morgan fingerprint density at radius 2 is 2.10 bits per heavy atom. The molecule has 0 aliphatic carbocycles. The predicted octanol–water partition coefficient (Wildman–Crippen LogP) is 4.01. The zero-order valence-electron chi connectivity index (χ0n) is 17.1. The van der Waals surface area contributed by atoms with Gasteiger partial charge < -0.3 is 14.6 Å². The Hall–Kier alpha value is -3.00. The monoisotopic (exact) mass is 424 g/mol. The van der Waals surface area contributed by atoms with Crippen molar-refractivity contribution in [1.29, 1.82) is 0 Å². The second kappa shape index (κ2) is 8.79. The second-order valence-corrected chi connectivity index (χ2v) is 8.53. The number of nitrogens with zero attached hydrogens (tertiary/aromatic N) is 3. The number of aromatic nitrogens is 2. The van der Waals surface area contributed by atoms with Gasteiger partial charge in [0.15, 0.2) is 11.0 Å². The molecule has 1 atom stereocenters. The van der Waals surface area contributed by atoms with Crippen LogP contribution >= 0.6 is 11.3 Å². The Morgan fingerprint density at radius 1 is 1.30 bits per heavy atom. The number of carbonyl (C=O) groups is 2. The summed E-state index contributed by atoms with van der Waals surface area (Å²) >= 11 is 1.22. The Labute approximate surface area is 179 Å². The van der Waals surface area contributed by atoms with E-state index >= 15 is 0 Å². The number of aryl methyl sites for hydroxylation is 1. The largest absolute Gasteiger partial charge is 0.445 e. The van der Waals surface area contributed by atoms with Crippen molar-refractivity contribution in [2.24, 2.45) is 0 Å². The molecule has 3 aromatic rings. The molecule has 7 nitrogen and oxygen atoms in total. The smallest absolute Gasteiger partial charge is 0.265 e. The number of hydrogen-bond acceptors (Lipinski definition) is 6. The van der Waals surface area contributed by atoms with Crippen LogP contribution in [0.25, 0.3) is 0 Å². The number of nitrogens with one attached hydrogen (secondary N) is 1. The molecule has 2 aromatic heterocycles. The normalized spacial score (nSPS) is 16.5. The van der Waals surface area contributed by atoms with E-state index in [4.69, 9.17) is 4.42 Å². The summed E-state index contributed by atoms with van der Waals surface area (Å²) in [7, 11) is 0. The Bertz CT molecular complexity index is 1040. The summed E-state index contributed by atoms with van der Waals surface area (Å²) in [5.41, 5.74) is 1.81. The minimum absolute atomic E-state index is 0.0534. The van der Waals surface area contributed by atoms with E-state index in [1.807, 2.05) is 23.1 Å². The number of rotatable bonds is 5. The van der Waals surface area contributed by atoms with Crippen LogP contribution in [0.3, 0.4) is 0 Å². The second-order valence-electron chi connectivity index (χ2n) is 7.53. The molecule has 0 spiro atoms. The molecule has 2 amide bonds. The average molecular weight is 425 g/mol. The van der Waals surface area contributed by atoms with Crippen LogP contribution in [-0.4, -0.2) is 39.8 Å². The first kappa shape index (κ1) is 20.3. The third kappa shape index (κ3) is 4.59. The molecule has 0 radical (unpaired) electrons. The number of hydrogen-bond donors (Lipinski definition) is 1. The van der Waals surface area contributed by atoms with Gasteiger partial charge in [-0.3, -0.25) is 9.59 Å². The number of piperidine rings is 1. The molecule has 1 aliphatic heterocycles. The minimum Gasteiger partial charge on any atom is -0.445 e. The van der Waals surface area contributed by atoms with E-state index in [2.05, 4.69) is 27.4 Å². The lowest BCUT2D eigenvalue weighted by Crippen LogP contribution is -2.39. The zero-order chi connectivity index (χ0) is 21.1. The van der Waals surface area contributed by atoms with Crippen LogP contribution in [0.1, 0.15) is 58.3 Å². The SMILES string of the molecule is CC(=O)Nc1nc(C)c(C(=O)N2CCC[C@H](c3ncc(Cc4ccccc4)o3)C2)s1. The Kier molecular flexibility index (Phi) is 5.94. The molecule has 3 heterocycles. The van der Waals surface area contributed by atoms with E-state index in [9.17, 15) is 9.59 Å². The molecule has 8 heteroatoms. The highest BCUT2D eigenvalue weighted by atomic mass is 32.1. The summed E-state index contributed by atoms with van der Waals surface area (Å²) in [5, 5.41) is 3.11. The highest BCUT2D eigenvalue weighted by molar-refractivity contribution is 7.17. The van der Waals surface area contributed by atoms with Gasteiger partial charge in [0, 0.05) is 26.4 Å². The van der Waals surface area contributed by atoms with Gasteiger partial charge in [-0.05, 0) is 25.3 Å². The Morgan fingerprint density at radius 3 is 2.87 bits per heavy atom.